The van der Waals surface area contributed by atoms with Gasteiger partial charge in [-0.2, -0.15) is 5.26 Å². The summed E-state index contributed by atoms with van der Waals surface area (Å²) < 4.78 is 0. The average molecular weight is 440 g/mol. The molecule has 2 atom stereocenters. The number of β-lactam (4-membered cyclic amide) rings is 1. The maximum atomic E-state index is 12.5. The van der Waals surface area contributed by atoms with Gasteiger partial charge in [-0.1, -0.05) is 5.16 Å². The fourth-order valence-corrected chi connectivity index (χ4v) is 5.48. The number of carboxylic acids is 1. The normalized spacial score (nSPS) is 21.6. The minimum Gasteiger partial charge on any atom is -0.477 e. The predicted molar refractivity (Wildman–Crippen MR) is 103 cm³/mol. The number of nitriles is 1. The van der Waals surface area contributed by atoms with Crippen LogP contribution in [-0.4, -0.2) is 66.6 Å². The zero-order valence-electron chi connectivity index (χ0n) is 13.9. The molecule has 0 aromatic carbocycles. The highest BCUT2D eigenvalue weighted by Crippen LogP contribution is 2.43. The summed E-state index contributed by atoms with van der Waals surface area (Å²) in [5, 5.41) is 33.7. The largest absolute Gasteiger partial charge is 0.477 e. The first-order chi connectivity index (χ1) is 13.4. The van der Waals surface area contributed by atoms with E-state index in [1.165, 1.54) is 17.1 Å². The number of hydrogen-bond acceptors (Lipinski definition) is 11. The number of fused-ring (bicyclic) bond motifs is 1. The fourth-order valence-electron chi connectivity index (χ4n) is 2.64. The molecule has 28 heavy (non-hydrogen) atoms. The summed E-state index contributed by atoms with van der Waals surface area (Å²) in [6, 6.07) is 0.932. The molecular weight excluding hydrogens is 428 g/mol. The Balaban J connectivity index is 1.76. The van der Waals surface area contributed by atoms with Crippen molar-refractivity contribution in [1.82, 2.24) is 15.2 Å². The molecule has 0 spiro atoms. The van der Waals surface area contributed by atoms with Crippen molar-refractivity contribution in [2.45, 2.75) is 11.4 Å². The van der Waals surface area contributed by atoms with Crippen molar-refractivity contribution in [2.24, 2.45) is 5.16 Å². The smallest absolute Gasteiger partial charge is 0.353 e. The summed E-state index contributed by atoms with van der Waals surface area (Å²) in [6.45, 7) is 0. The quantitative estimate of drug-likeness (QED) is 0.201. The van der Waals surface area contributed by atoms with Crippen LogP contribution < -0.4 is 11.1 Å². The SMILES string of the molecule is N#CCSC1=C(C(=O)O)N2C(=O)[C@@H](NC(=O)/C(=N\O)c3csc(N)n3)[C@H]2SC1. The van der Waals surface area contributed by atoms with Gasteiger partial charge in [-0.3, -0.25) is 14.5 Å². The number of hydrogen-bond donors (Lipinski definition) is 4. The van der Waals surface area contributed by atoms with Crippen LogP contribution in [0.3, 0.4) is 0 Å². The van der Waals surface area contributed by atoms with Gasteiger partial charge in [0, 0.05) is 16.0 Å². The highest BCUT2D eigenvalue weighted by atomic mass is 32.2. The van der Waals surface area contributed by atoms with Crippen LogP contribution in [0.4, 0.5) is 5.13 Å². The Hall–Kier alpha value is -2.76. The number of nitrogens with one attached hydrogen (secondary N) is 1. The molecule has 2 aliphatic rings. The highest BCUT2D eigenvalue weighted by molar-refractivity contribution is 8.06. The standard InChI is InChI=1S/C14H12N6O5S3/c15-1-2-26-6-4-27-12-8(11(22)20(12)9(6)13(23)24)18-10(21)7(19-25)5-3-28-14(16)17-5/h3,8,12,25H,2,4H2,(H2,16,17)(H,18,21)(H,23,24)/b19-7-/t8-,12-/m1/s1. The number of oxime groups is 1. The van der Waals surface area contributed by atoms with Crippen molar-refractivity contribution < 1.29 is 24.7 Å². The number of nitrogens with zero attached hydrogens (tertiary/aromatic N) is 4. The van der Waals surface area contributed by atoms with Crippen molar-refractivity contribution in [1.29, 1.82) is 5.26 Å². The number of nitrogen functional groups attached to an aromatic ring is 1. The van der Waals surface area contributed by atoms with Crippen LogP contribution in [0.15, 0.2) is 21.1 Å². The number of aliphatic carboxylic acids is 1. The monoisotopic (exact) mass is 440 g/mol. The Morgan fingerprint density at radius 2 is 2.32 bits per heavy atom. The lowest BCUT2D eigenvalue weighted by Crippen LogP contribution is -2.71. The van der Waals surface area contributed by atoms with Crippen LogP contribution in [0.5, 0.6) is 0 Å². The van der Waals surface area contributed by atoms with E-state index in [9.17, 15) is 19.5 Å². The van der Waals surface area contributed by atoms with Crippen LogP contribution in [0.2, 0.25) is 0 Å². The summed E-state index contributed by atoms with van der Waals surface area (Å²) >= 11 is 3.38. The minimum absolute atomic E-state index is 0.0590. The second-order valence-corrected chi connectivity index (χ2v) is 8.47. The number of carboxylic acid groups (broad SMARTS) is 1. The number of anilines is 1. The van der Waals surface area contributed by atoms with Crippen LogP contribution in [0.25, 0.3) is 0 Å². The zero-order chi connectivity index (χ0) is 20.4. The number of amides is 2. The maximum absolute atomic E-state index is 12.5. The molecule has 1 fully saturated rings. The third kappa shape index (κ3) is 3.51. The topological polar surface area (TPSA) is 182 Å². The fraction of sp³-hybridized carbons (Fsp3) is 0.286. The Labute approximate surface area is 170 Å². The molecule has 3 rings (SSSR count). The van der Waals surface area contributed by atoms with Gasteiger partial charge in [0.05, 0.1) is 11.8 Å². The van der Waals surface area contributed by atoms with Crippen molar-refractivity contribution in [2.75, 3.05) is 17.2 Å². The second-order valence-electron chi connectivity index (χ2n) is 5.40. The van der Waals surface area contributed by atoms with Crippen LogP contribution in [-0.2, 0) is 14.4 Å². The maximum Gasteiger partial charge on any atom is 0.353 e. The molecule has 0 radical (unpaired) electrons. The first-order valence-corrected chi connectivity index (χ1v) is 10.5. The van der Waals surface area contributed by atoms with Crippen molar-refractivity contribution in [3.63, 3.8) is 0 Å². The molecular formula is C14H12N6O5S3. The van der Waals surface area contributed by atoms with Crippen molar-refractivity contribution >= 4 is 63.5 Å². The summed E-state index contributed by atoms with van der Waals surface area (Å²) in [5.74, 6) is -2.37. The van der Waals surface area contributed by atoms with Crippen LogP contribution in [0, 0.1) is 11.3 Å². The molecule has 5 N–H and O–H groups in total. The first-order valence-electron chi connectivity index (χ1n) is 7.54. The molecule has 1 saturated heterocycles. The number of rotatable bonds is 6. The lowest BCUT2D eigenvalue weighted by molar-refractivity contribution is -0.150. The Morgan fingerprint density at radius 1 is 1.57 bits per heavy atom. The van der Waals surface area contributed by atoms with Gasteiger partial charge in [0.1, 0.15) is 22.8 Å². The second kappa shape index (κ2) is 8.09. The van der Waals surface area contributed by atoms with E-state index in [1.54, 1.807) is 0 Å². The number of carbonyl (C=O) groups is 3. The van der Waals surface area contributed by atoms with Crippen molar-refractivity contribution in [3.8, 4) is 6.07 Å². The van der Waals surface area contributed by atoms with Gasteiger partial charge >= 0.3 is 5.97 Å². The van der Waals surface area contributed by atoms with E-state index in [1.807, 2.05) is 6.07 Å². The van der Waals surface area contributed by atoms with E-state index in [2.05, 4.69) is 15.5 Å². The van der Waals surface area contributed by atoms with Gasteiger partial charge in [0.15, 0.2) is 10.8 Å². The molecule has 3 heterocycles. The summed E-state index contributed by atoms with van der Waals surface area (Å²) in [4.78, 5) is 41.9. The third-order valence-corrected chi connectivity index (χ3v) is 6.91. The molecule has 2 amide bonds. The average Bonchev–Trinajstić information content (AvgIpc) is 3.09. The van der Waals surface area contributed by atoms with Gasteiger partial charge in [-0.15, -0.1) is 34.9 Å². The van der Waals surface area contributed by atoms with E-state index in [0.717, 1.165) is 28.0 Å². The molecule has 2 aliphatic heterocycles. The van der Waals surface area contributed by atoms with E-state index in [4.69, 9.17) is 16.2 Å². The number of thioether (sulfide) groups is 2. The van der Waals surface area contributed by atoms with E-state index in [0.29, 0.717) is 10.7 Å². The van der Waals surface area contributed by atoms with Gasteiger partial charge < -0.3 is 21.4 Å². The number of carbonyl (C=O) groups excluding carboxylic acids is 2. The van der Waals surface area contributed by atoms with Crippen molar-refractivity contribution in [3.05, 3.63) is 21.7 Å². The Bertz CT molecular complexity index is 952. The Morgan fingerprint density at radius 3 is 2.89 bits per heavy atom. The molecule has 1 aromatic rings. The molecule has 11 nitrogen and oxygen atoms in total. The summed E-state index contributed by atoms with van der Waals surface area (Å²) in [6.07, 6.45) is 0. The van der Waals surface area contributed by atoms with Crippen LogP contribution in [0.1, 0.15) is 5.69 Å². The highest BCUT2D eigenvalue weighted by Gasteiger charge is 2.54. The molecule has 0 unspecified atom stereocenters. The molecule has 14 heteroatoms. The van der Waals surface area contributed by atoms with E-state index < -0.39 is 34.9 Å². The number of nitrogens with two attached hydrogens (primary N) is 1. The van der Waals surface area contributed by atoms with Gasteiger partial charge in [0.2, 0.25) is 0 Å². The van der Waals surface area contributed by atoms with Crippen LogP contribution >= 0.6 is 34.9 Å². The predicted octanol–water partition coefficient (Wildman–Crippen LogP) is -0.144. The lowest BCUT2D eigenvalue weighted by Gasteiger charge is -2.49. The molecule has 0 aliphatic carbocycles. The summed E-state index contributed by atoms with van der Waals surface area (Å²) in [5.41, 5.74) is 4.98. The molecule has 0 saturated carbocycles. The Kier molecular flexibility index (Phi) is 5.77. The molecule has 0 bridgehead atoms. The summed E-state index contributed by atoms with van der Waals surface area (Å²) in [7, 11) is 0. The number of thiazole rings is 1. The van der Waals surface area contributed by atoms with Gasteiger partial charge in [0.25, 0.3) is 11.8 Å². The zero-order valence-corrected chi connectivity index (χ0v) is 16.3. The van der Waals surface area contributed by atoms with Gasteiger partial charge in [-0.05, 0) is 0 Å². The third-order valence-electron chi connectivity index (χ3n) is 3.81. The minimum atomic E-state index is -1.28. The van der Waals surface area contributed by atoms with E-state index >= 15 is 0 Å². The van der Waals surface area contributed by atoms with E-state index in [-0.39, 0.29) is 22.3 Å². The first kappa shape index (κ1) is 20.0. The number of aromatic nitrogens is 1. The lowest BCUT2D eigenvalue weighted by atomic mass is 10.0. The molecule has 146 valence electrons. The van der Waals surface area contributed by atoms with Gasteiger partial charge in [-0.25, -0.2) is 9.78 Å². The molecule has 1 aromatic heterocycles.